The van der Waals surface area contributed by atoms with Gasteiger partial charge in [-0.15, -0.1) is 0 Å². The van der Waals surface area contributed by atoms with Gasteiger partial charge in [0.25, 0.3) is 5.69 Å². The summed E-state index contributed by atoms with van der Waals surface area (Å²) in [6.45, 7) is 1.43. The van der Waals surface area contributed by atoms with Crippen LogP contribution in [0.1, 0.15) is 13.3 Å². The number of nitrogens with one attached hydrogen (secondary N) is 2. The minimum atomic E-state index is -1.72. The molecule has 0 fully saturated rings. The third kappa shape index (κ3) is 6.66. The highest BCUT2D eigenvalue weighted by molar-refractivity contribution is 6.31. The first kappa shape index (κ1) is 24.1. The van der Waals surface area contributed by atoms with Gasteiger partial charge in [0.1, 0.15) is 5.69 Å². The Bertz CT molecular complexity index is 1010. The first-order valence-electron chi connectivity index (χ1n) is 9.01. The van der Waals surface area contributed by atoms with Gasteiger partial charge in [0.15, 0.2) is 17.5 Å². The van der Waals surface area contributed by atoms with Crippen molar-refractivity contribution in [3.8, 4) is 0 Å². The van der Waals surface area contributed by atoms with Gasteiger partial charge in [-0.1, -0.05) is 18.5 Å². The van der Waals surface area contributed by atoms with E-state index in [4.69, 9.17) is 11.6 Å². The molecule has 0 aromatic heterocycles. The van der Waals surface area contributed by atoms with Crippen molar-refractivity contribution in [2.45, 2.75) is 13.3 Å². The molecule has 0 atom stereocenters. The Hall–Kier alpha value is -3.18. The quantitative estimate of drug-likeness (QED) is 0.336. The molecule has 0 aliphatic heterocycles. The van der Waals surface area contributed by atoms with Gasteiger partial charge < -0.3 is 10.6 Å². The lowest BCUT2D eigenvalue weighted by Crippen LogP contribution is -2.39. The monoisotopic (exact) mass is 458 g/mol. The Morgan fingerprint density at radius 3 is 2.19 bits per heavy atom. The summed E-state index contributed by atoms with van der Waals surface area (Å²) >= 11 is 5.74. The summed E-state index contributed by atoms with van der Waals surface area (Å²) < 4.78 is 40.0. The summed E-state index contributed by atoms with van der Waals surface area (Å²) in [5.41, 5.74) is -1.000. The zero-order valence-electron chi connectivity index (χ0n) is 16.3. The summed E-state index contributed by atoms with van der Waals surface area (Å²) in [5.74, 6) is -6.04. The van der Waals surface area contributed by atoms with E-state index >= 15 is 0 Å². The van der Waals surface area contributed by atoms with Gasteiger partial charge in [0, 0.05) is 11.1 Å². The van der Waals surface area contributed by atoms with E-state index in [1.807, 2.05) is 0 Å². The molecule has 12 heteroatoms. The molecule has 0 saturated carbocycles. The molecule has 0 bridgehead atoms. The van der Waals surface area contributed by atoms with Crippen LogP contribution in [0.5, 0.6) is 0 Å². The number of rotatable bonds is 9. The Morgan fingerprint density at radius 2 is 1.61 bits per heavy atom. The van der Waals surface area contributed by atoms with Crippen LogP contribution < -0.4 is 10.6 Å². The number of nitrogens with zero attached hydrogens (tertiary/aromatic N) is 2. The fourth-order valence-corrected chi connectivity index (χ4v) is 2.87. The minimum Gasteiger partial charge on any atom is -0.322 e. The number of hydrogen-bond acceptors (Lipinski definition) is 5. The second-order valence-electron chi connectivity index (χ2n) is 6.45. The molecule has 31 heavy (non-hydrogen) atoms. The highest BCUT2D eigenvalue weighted by Gasteiger charge is 2.20. The molecule has 0 unspecified atom stereocenters. The van der Waals surface area contributed by atoms with E-state index in [1.165, 1.54) is 17.0 Å². The van der Waals surface area contributed by atoms with Gasteiger partial charge in [-0.25, -0.2) is 13.2 Å². The third-order valence-corrected chi connectivity index (χ3v) is 4.25. The molecular weight excluding hydrogens is 441 g/mol. The molecule has 0 aliphatic carbocycles. The smallest absolute Gasteiger partial charge is 0.294 e. The molecule has 2 rings (SSSR count). The van der Waals surface area contributed by atoms with Crippen molar-refractivity contribution in [2.75, 3.05) is 30.3 Å². The van der Waals surface area contributed by atoms with E-state index in [1.54, 1.807) is 6.92 Å². The molecule has 2 amide bonds. The Balaban J connectivity index is 2.04. The second kappa shape index (κ2) is 10.7. The van der Waals surface area contributed by atoms with Crippen LogP contribution in [-0.2, 0) is 9.59 Å². The summed E-state index contributed by atoms with van der Waals surface area (Å²) in [7, 11) is 0. The molecule has 8 nitrogen and oxygen atoms in total. The summed E-state index contributed by atoms with van der Waals surface area (Å²) in [5, 5.41) is 15.8. The van der Waals surface area contributed by atoms with Crippen molar-refractivity contribution in [2.24, 2.45) is 0 Å². The Labute approximate surface area is 180 Å². The van der Waals surface area contributed by atoms with Crippen LogP contribution in [0.15, 0.2) is 30.3 Å². The number of amides is 2. The zero-order chi connectivity index (χ0) is 23.1. The fraction of sp³-hybridized carbons (Fsp3) is 0.263. The molecule has 0 radical (unpaired) electrons. The molecule has 2 N–H and O–H groups in total. The average Bonchev–Trinajstić information content (AvgIpc) is 2.69. The summed E-state index contributed by atoms with van der Waals surface area (Å²) in [6, 6.07) is 5.29. The number of anilines is 2. The van der Waals surface area contributed by atoms with Crippen molar-refractivity contribution >= 4 is 40.5 Å². The van der Waals surface area contributed by atoms with E-state index in [0.717, 1.165) is 12.1 Å². The normalized spacial score (nSPS) is 10.8. The fourth-order valence-electron chi connectivity index (χ4n) is 2.70. The molecule has 0 aliphatic rings. The molecule has 166 valence electrons. The van der Waals surface area contributed by atoms with Crippen LogP contribution in [0.25, 0.3) is 0 Å². The van der Waals surface area contributed by atoms with Crippen LogP contribution in [0, 0.1) is 27.6 Å². The Kier molecular flexibility index (Phi) is 8.34. The first-order chi connectivity index (χ1) is 14.6. The van der Waals surface area contributed by atoms with Crippen LogP contribution >= 0.6 is 11.6 Å². The topological polar surface area (TPSA) is 105 Å². The maximum atomic E-state index is 13.7. The minimum absolute atomic E-state index is 0.0656. The maximum absolute atomic E-state index is 13.7. The van der Waals surface area contributed by atoms with Gasteiger partial charge >= 0.3 is 0 Å². The number of halogens is 4. The van der Waals surface area contributed by atoms with E-state index in [2.05, 4.69) is 10.6 Å². The van der Waals surface area contributed by atoms with Crippen molar-refractivity contribution in [3.63, 3.8) is 0 Å². The molecule has 0 heterocycles. The average molecular weight is 459 g/mol. The number of benzene rings is 2. The Morgan fingerprint density at radius 1 is 1.03 bits per heavy atom. The van der Waals surface area contributed by atoms with E-state index < -0.39 is 45.6 Å². The number of nitro benzene ring substituents is 1. The maximum Gasteiger partial charge on any atom is 0.294 e. The third-order valence-electron chi connectivity index (χ3n) is 4.01. The van der Waals surface area contributed by atoms with Crippen LogP contribution in [-0.4, -0.2) is 41.3 Å². The lowest BCUT2D eigenvalue weighted by atomic mass is 10.2. The van der Waals surface area contributed by atoms with E-state index in [-0.39, 0.29) is 23.8 Å². The van der Waals surface area contributed by atoms with Crippen molar-refractivity contribution < 1.29 is 27.7 Å². The lowest BCUT2D eigenvalue weighted by molar-refractivity contribution is -0.383. The van der Waals surface area contributed by atoms with E-state index in [0.29, 0.717) is 19.0 Å². The molecule has 0 spiro atoms. The predicted octanol–water partition coefficient (Wildman–Crippen LogP) is 3.95. The standard InChI is InChI=1S/C19H18ClF3N4O4/c1-2-7-26(10-17(29)25-14-6-4-12(21)18(22)19(14)23)9-16(28)24-13-5-3-11(20)8-15(13)27(30)31/h3-6,8H,2,7,9-10H2,1H3,(H,24,28)(H,25,29). The highest BCUT2D eigenvalue weighted by atomic mass is 35.5. The molecule has 0 saturated heterocycles. The van der Waals surface area contributed by atoms with Crippen LogP contribution in [0.3, 0.4) is 0 Å². The highest BCUT2D eigenvalue weighted by Crippen LogP contribution is 2.27. The lowest BCUT2D eigenvalue weighted by Gasteiger charge is -2.20. The van der Waals surface area contributed by atoms with Crippen LogP contribution in [0.4, 0.5) is 30.2 Å². The SMILES string of the molecule is CCCN(CC(=O)Nc1ccc(Cl)cc1[N+](=O)[O-])CC(=O)Nc1ccc(F)c(F)c1F. The summed E-state index contributed by atoms with van der Waals surface area (Å²) in [6.07, 6.45) is 0.557. The second-order valence-corrected chi connectivity index (χ2v) is 6.88. The first-order valence-corrected chi connectivity index (χ1v) is 9.39. The van der Waals surface area contributed by atoms with Gasteiger partial charge in [0.2, 0.25) is 11.8 Å². The molecular formula is C19H18ClF3N4O4. The summed E-state index contributed by atoms with van der Waals surface area (Å²) in [4.78, 5) is 36.4. The van der Waals surface area contributed by atoms with Crippen molar-refractivity contribution in [1.29, 1.82) is 0 Å². The molecule has 2 aromatic carbocycles. The predicted molar refractivity (Wildman–Crippen MR) is 108 cm³/mol. The number of carbonyl (C=O) groups excluding carboxylic acids is 2. The van der Waals surface area contributed by atoms with Gasteiger partial charge in [0.05, 0.1) is 23.7 Å². The number of hydrogen-bond donors (Lipinski definition) is 2. The van der Waals surface area contributed by atoms with Gasteiger partial charge in [-0.2, -0.15) is 0 Å². The number of nitro groups is 1. The van der Waals surface area contributed by atoms with Gasteiger partial charge in [-0.05, 0) is 37.2 Å². The number of carbonyl (C=O) groups is 2. The van der Waals surface area contributed by atoms with Crippen LogP contribution in [0.2, 0.25) is 5.02 Å². The van der Waals surface area contributed by atoms with E-state index in [9.17, 15) is 32.9 Å². The van der Waals surface area contributed by atoms with Crippen molar-refractivity contribution in [1.82, 2.24) is 4.90 Å². The largest absolute Gasteiger partial charge is 0.322 e. The van der Waals surface area contributed by atoms with Crippen molar-refractivity contribution in [3.05, 3.63) is 62.9 Å². The zero-order valence-corrected chi connectivity index (χ0v) is 17.0. The molecule has 2 aromatic rings. The van der Waals surface area contributed by atoms with Gasteiger partial charge in [-0.3, -0.25) is 24.6 Å².